The highest BCUT2D eigenvalue weighted by atomic mass is 15.1. The van der Waals surface area contributed by atoms with E-state index in [0.717, 1.165) is 5.69 Å². The molecule has 0 atom stereocenters. The van der Waals surface area contributed by atoms with Crippen LogP contribution in [0.15, 0.2) is 176 Å². The maximum absolute atomic E-state index is 2.48. The SMILES string of the molecule is Cc1ccc(-c2ccccc2)cc1N(c1ccc2cc3c(cc2c1)-c1cc2cc(-n4c5ccccc5c5ccccc54)ccc2cc1-3)c1c(C)cccc1C. The molecule has 55 heavy (non-hydrogen) atoms. The molecular weight excluding hydrogens is 665 g/mol. The van der Waals surface area contributed by atoms with Crippen molar-refractivity contribution in [2.75, 3.05) is 4.90 Å². The van der Waals surface area contributed by atoms with Crippen LogP contribution in [0.3, 0.4) is 0 Å². The van der Waals surface area contributed by atoms with Crippen molar-refractivity contribution in [3.05, 3.63) is 193 Å². The molecule has 0 spiro atoms. The maximum Gasteiger partial charge on any atom is 0.0541 e. The third-order valence-electron chi connectivity index (χ3n) is 11.8. The van der Waals surface area contributed by atoms with Gasteiger partial charge in [0.05, 0.1) is 16.7 Å². The van der Waals surface area contributed by atoms with Gasteiger partial charge in [-0.15, -0.1) is 0 Å². The minimum Gasteiger partial charge on any atom is -0.310 e. The van der Waals surface area contributed by atoms with E-state index >= 15 is 0 Å². The average molecular weight is 703 g/mol. The fourth-order valence-corrected chi connectivity index (χ4v) is 9.09. The van der Waals surface area contributed by atoms with Crippen molar-refractivity contribution in [2.45, 2.75) is 20.8 Å². The van der Waals surface area contributed by atoms with Crippen LogP contribution in [0.1, 0.15) is 16.7 Å². The second kappa shape index (κ2) is 12.1. The van der Waals surface area contributed by atoms with E-state index in [-0.39, 0.29) is 0 Å². The van der Waals surface area contributed by atoms with Crippen LogP contribution >= 0.6 is 0 Å². The summed E-state index contributed by atoms with van der Waals surface area (Å²) in [6.07, 6.45) is 0. The molecule has 0 saturated carbocycles. The molecule has 0 amide bonds. The number of benzene rings is 9. The number of aryl methyl sites for hydroxylation is 3. The molecule has 0 bridgehead atoms. The van der Waals surface area contributed by atoms with E-state index in [1.54, 1.807) is 0 Å². The summed E-state index contributed by atoms with van der Waals surface area (Å²) in [6, 6.07) is 65.1. The van der Waals surface area contributed by atoms with Crippen molar-refractivity contribution in [3.8, 4) is 39.1 Å². The molecule has 1 aliphatic rings. The Hall–Kier alpha value is -6.90. The Morgan fingerprint density at radius 1 is 0.382 bits per heavy atom. The van der Waals surface area contributed by atoms with Crippen molar-refractivity contribution in [1.82, 2.24) is 4.57 Å². The Balaban J connectivity index is 1.04. The van der Waals surface area contributed by atoms with Crippen LogP contribution in [0.25, 0.3) is 82.4 Å². The van der Waals surface area contributed by atoms with Gasteiger partial charge >= 0.3 is 0 Å². The van der Waals surface area contributed by atoms with E-state index in [1.165, 1.54) is 110 Å². The molecule has 260 valence electrons. The van der Waals surface area contributed by atoms with Gasteiger partial charge in [0.15, 0.2) is 0 Å². The van der Waals surface area contributed by atoms with Crippen LogP contribution in [-0.2, 0) is 0 Å². The molecule has 0 unspecified atom stereocenters. The molecule has 9 aromatic carbocycles. The van der Waals surface area contributed by atoms with Gasteiger partial charge in [0.2, 0.25) is 0 Å². The molecule has 0 saturated heterocycles. The third kappa shape index (κ3) is 4.88. The molecule has 2 heteroatoms. The summed E-state index contributed by atoms with van der Waals surface area (Å²) in [5.41, 5.74) is 18.7. The molecule has 0 aliphatic heterocycles. The topological polar surface area (TPSA) is 8.17 Å². The summed E-state index contributed by atoms with van der Waals surface area (Å²) < 4.78 is 2.41. The lowest BCUT2D eigenvalue weighted by Crippen LogP contribution is -2.14. The summed E-state index contributed by atoms with van der Waals surface area (Å²) in [7, 11) is 0. The Morgan fingerprint density at radius 3 is 1.60 bits per heavy atom. The first kappa shape index (κ1) is 31.6. The highest BCUT2D eigenvalue weighted by molar-refractivity contribution is 6.13. The van der Waals surface area contributed by atoms with Gasteiger partial charge in [-0.3, -0.25) is 0 Å². The monoisotopic (exact) mass is 702 g/mol. The van der Waals surface area contributed by atoms with Gasteiger partial charge in [0, 0.05) is 27.8 Å². The number of rotatable bonds is 5. The number of hydrogen-bond donors (Lipinski definition) is 0. The normalized spacial score (nSPS) is 11.9. The highest BCUT2D eigenvalue weighted by Gasteiger charge is 2.25. The van der Waals surface area contributed by atoms with Gasteiger partial charge < -0.3 is 9.47 Å². The standard InChI is InChI=1S/C53H38N2/c1-33-20-21-39(36-14-5-4-6-15-36)32-52(33)55(53-34(2)12-11-13-35(53)3)43-25-23-38-29-47-46-28-37-22-24-42(26-40(37)30-48(46)49(47)31-41(38)27-43)54-50-18-9-7-16-44(50)45-17-8-10-19-51(45)54/h4-32H,1-3H3. The summed E-state index contributed by atoms with van der Waals surface area (Å²) in [5, 5.41) is 7.59. The lowest BCUT2D eigenvalue weighted by atomic mass is 9.78. The lowest BCUT2D eigenvalue weighted by molar-refractivity contribution is 1.19. The Bertz CT molecular complexity index is 3110. The molecule has 1 aromatic heterocycles. The van der Waals surface area contributed by atoms with Crippen molar-refractivity contribution >= 4 is 60.4 Å². The zero-order valence-corrected chi connectivity index (χ0v) is 31.1. The second-order valence-electron chi connectivity index (χ2n) is 15.2. The van der Waals surface area contributed by atoms with E-state index in [4.69, 9.17) is 0 Å². The number of fused-ring (bicyclic) bond motifs is 9. The predicted molar refractivity (Wildman–Crippen MR) is 235 cm³/mol. The molecule has 11 rings (SSSR count). The van der Waals surface area contributed by atoms with E-state index in [0.29, 0.717) is 0 Å². The Labute approximate surface area is 321 Å². The molecule has 1 heterocycles. The number of para-hydroxylation sites is 3. The van der Waals surface area contributed by atoms with Crippen LogP contribution in [0.4, 0.5) is 17.1 Å². The first-order valence-corrected chi connectivity index (χ1v) is 19.2. The average Bonchev–Trinajstić information content (AvgIpc) is 3.56. The second-order valence-corrected chi connectivity index (χ2v) is 15.2. The fourth-order valence-electron chi connectivity index (χ4n) is 9.09. The van der Waals surface area contributed by atoms with Gasteiger partial charge in [-0.25, -0.2) is 0 Å². The summed E-state index contributed by atoms with van der Waals surface area (Å²) in [5.74, 6) is 0. The van der Waals surface area contributed by atoms with Gasteiger partial charge in [-0.2, -0.15) is 0 Å². The fraction of sp³-hybridized carbons (Fsp3) is 0.0566. The molecule has 1 aliphatic carbocycles. The predicted octanol–water partition coefficient (Wildman–Crippen LogP) is 14.8. The largest absolute Gasteiger partial charge is 0.310 e. The van der Waals surface area contributed by atoms with Gasteiger partial charge in [0.1, 0.15) is 0 Å². The minimum atomic E-state index is 1.16. The van der Waals surface area contributed by atoms with Crippen LogP contribution in [0, 0.1) is 20.8 Å². The zero-order valence-electron chi connectivity index (χ0n) is 31.1. The number of nitrogens with zero attached hydrogens (tertiary/aromatic N) is 2. The van der Waals surface area contributed by atoms with Crippen LogP contribution in [0.2, 0.25) is 0 Å². The molecule has 10 aromatic rings. The maximum atomic E-state index is 2.48. The molecule has 2 nitrogen and oxygen atoms in total. The zero-order chi connectivity index (χ0) is 36.8. The van der Waals surface area contributed by atoms with Crippen LogP contribution < -0.4 is 4.90 Å². The van der Waals surface area contributed by atoms with Crippen LogP contribution in [0.5, 0.6) is 0 Å². The highest BCUT2D eigenvalue weighted by Crippen LogP contribution is 2.51. The van der Waals surface area contributed by atoms with Gasteiger partial charge in [0.25, 0.3) is 0 Å². The van der Waals surface area contributed by atoms with E-state index < -0.39 is 0 Å². The van der Waals surface area contributed by atoms with E-state index in [1.807, 2.05) is 0 Å². The molecule has 0 fully saturated rings. The summed E-state index contributed by atoms with van der Waals surface area (Å²) in [4.78, 5) is 2.48. The molecule has 0 radical (unpaired) electrons. The lowest BCUT2D eigenvalue weighted by Gasteiger charge is -2.31. The first-order chi connectivity index (χ1) is 27.0. The number of hydrogen-bond acceptors (Lipinski definition) is 1. The van der Waals surface area contributed by atoms with Crippen molar-refractivity contribution < 1.29 is 0 Å². The van der Waals surface area contributed by atoms with Crippen LogP contribution in [-0.4, -0.2) is 4.57 Å². The van der Waals surface area contributed by atoms with E-state index in [9.17, 15) is 0 Å². The quantitative estimate of drug-likeness (QED) is 0.173. The summed E-state index contributed by atoms with van der Waals surface area (Å²) in [6.45, 7) is 6.68. The van der Waals surface area contributed by atoms with E-state index in [2.05, 4.69) is 206 Å². The first-order valence-electron chi connectivity index (χ1n) is 19.2. The molecule has 0 N–H and O–H groups in total. The Morgan fingerprint density at radius 2 is 0.945 bits per heavy atom. The smallest absolute Gasteiger partial charge is 0.0541 e. The molecular formula is C53H38N2. The summed E-state index contributed by atoms with van der Waals surface area (Å²) >= 11 is 0. The number of anilines is 3. The van der Waals surface area contributed by atoms with Crippen molar-refractivity contribution in [3.63, 3.8) is 0 Å². The van der Waals surface area contributed by atoms with Crippen molar-refractivity contribution in [2.24, 2.45) is 0 Å². The van der Waals surface area contributed by atoms with Gasteiger partial charge in [-0.05, 0) is 159 Å². The van der Waals surface area contributed by atoms with Crippen molar-refractivity contribution in [1.29, 1.82) is 0 Å². The number of aromatic nitrogens is 1. The minimum absolute atomic E-state index is 1.16. The third-order valence-corrected chi connectivity index (χ3v) is 11.8. The Kier molecular flexibility index (Phi) is 6.93. The van der Waals surface area contributed by atoms with Gasteiger partial charge in [-0.1, -0.05) is 109 Å².